The summed E-state index contributed by atoms with van der Waals surface area (Å²) in [5.74, 6) is 0. The van der Waals surface area contributed by atoms with Crippen molar-refractivity contribution in [2.75, 3.05) is 0 Å². The van der Waals surface area contributed by atoms with Crippen LogP contribution in [0.15, 0.2) is 53.6 Å². The third-order valence-electron chi connectivity index (χ3n) is 2.48. The fraction of sp³-hybridized carbons (Fsp3) is 0.154. The fourth-order valence-corrected chi connectivity index (χ4v) is 1.91. The van der Waals surface area contributed by atoms with Gasteiger partial charge in [0.15, 0.2) is 0 Å². The second kappa shape index (κ2) is 6.39. The van der Waals surface area contributed by atoms with Gasteiger partial charge in [-0.2, -0.15) is 0 Å². The van der Waals surface area contributed by atoms with Crippen molar-refractivity contribution in [1.29, 1.82) is 0 Å². The average molecular weight is 261 g/mol. The number of nitrogens with one attached hydrogen (secondary N) is 1. The van der Waals surface area contributed by atoms with E-state index in [0.29, 0.717) is 18.0 Å². The molecule has 0 amide bonds. The van der Waals surface area contributed by atoms with Crippen molar-refractivity contribution in [2.24, 2.45) is 0 Å². The van der Waals surface area contributed by atoms with Crippen molar-refractivity contribution < 1.29 is 8.76 Å². The molecule has 1 unspecified atom stereocenters. The van der Waals surface area contributed by atoms with Crippen LogP contribution in [0.2, 0.25) is 0 Å². The van der Waals surface area contributed by atoms with Gasteiger partial charge in [0.1, 0.15) is 0 Å². The number of hydrogen-bond donors (Lipinski definition) is 1. The van der Waals surface area contributed by atoms with Crippen molar-refractivity contribution in [3.05, 3.63) is 59.9 Å². The van der Waals surface area contributed by atoms with Crippen LogP contribution in [-0.4, -0.2) is 13.7 Å². The number of hydrogen-bond acceptors (Lipinski definition) is 4. The van der Waals surface area contributed by atoms with Gasteiger partial charge in [-0.15, -0.1) is 0 Å². The van der Waals surface area contributed by atoms with Crippen LogP contribution >= 0.6 is 0 Å². The lowest BCUT2D eigenvalue weighted by molar-refractivity contribution is 0.537. The molecule has 1 heterocycles. The summed E-state index contributed by atoms with van der Waals surface area (Å²) in [6, 6.07) is 12.6. The number of aromatic nitrogens is 1. The lowest BCUT2D eigenvalue weighted by Gasteiger charge is -2.07. The van der Waals surface area contributed by atoms with E-state index in [2.05, 4.69) is 10.3 Å². The first-order valence-electron chi connectivity index (χ1n) is 5.54. The highest BCUT2D eigenvalue weighted by Crippen LogP contribution is 2.07. The summed E-state index contributed by atoms with van der Waals surface area (Å²) in [5.41, 5.74) is 2.02. The Bertz CT molecular complexity index is 514. The van der Waals surface area contributed by atoms with Gasteiger partial charge in [0, 0.05) is 24.2 Å². The Morgan fingerprint density at radius 2 is 1.89 bits per heavy atom. The van der Waals surface area contributed by atoms with E-state index in [1.807, 2.05) is 18.2 Å². The predicted molar refractivity (Wildman–Crippen MR) is 68.4 cm³/mol. The molecule has 1 aromatic carbocycles. The molecule has 4 nitrogen and oxygen atoms in total. The quantitative estimate of drug-likeness (QED) is 0.830. The van der Waals surface area contributed by atoms with Gasteiger partial charge in [0.2, 0.25) is 0 Å². The minimum absolute atomic E-state index is 0.309. The molecular weight excluding hydrogens is 248 g/mol. The second-order valence-corrected chi connectivity index (χ2v) is 4.74. The highest BCUT2D eigenvalue weighted by atomic mass is 32.2. The summed E-state index contributed by atoms with van der Waals surface area (Å²) >= 11 is -2.15. The van der Waals surface area contributed by atoms with Crippen molar-refractivity contribution in [3.63, 3.8) is 0 Å². The first-order chi connectivity index (χ1) is 8.75. The SMILES string of the molecule is O=S([O-])c1ccc(CNCc2ccccn2)cc1. The molecule has 0 aliphatic carbocycles. The molecule has 0 saturated heterocycles. The maximum atomic E-state index is 10.7. The third-order valence-corrected chi connectivity index (χ3v) is 3.13. The predicted octanol–water partition coefficient (Wildman–Crippen LogP) is 1.61. The Morgan fingerprint density at radius 3 is 2.50 bits per heavy atom. The second-order valence-electron chi connectivity index (χ2n) is 3.80. The van der Waals surface area contributed by atoms with Crippen LogP contribution in [0.1, 0.15) is 11.3 Å². The zero-order valence-corrected chi connectivity index (χ0v) is 10.5. The molecule has 18 heavy (non-hydrogen) atoms. The van der Waals surface area contributed by atoms with Crippen LogP contribution in [0.4, 0.5) is 0 Å². The van der Waals surface area contributed by atoms with Crippen LogP contribution in [0.5, 0.6) is 0 Å². The van der Waals surface area contributed by atoms with Crippen LogP contribution in [0.25, 0.3) is 0 Å². The molecule has 0 saturated carbocycles. The van der Waals surface area contributed by atoms with Gasteiger partial charge in [0.05, 0.1) is 5.69 Å². The molecule has 2 aromatic rings. The van der Waals surface area contributed by atoms with Gasteiger partial charge in [-0.25, -0.2) is 0 Å². The Kier molecular flexibility index (Phi) is 4.58. The summed E-state index contributed by atoms with van der Waals surface area (Å²) in [4.78, 5) is 4.51. The molecule has 0 aliphatic heterocycles. The minimum Gasteiger partial charge on any atom is -0.768 e. The largest absolute Gasteiger partial charge is 0.768 e. The van der Waals surface area contributed by atoms with Gasteiger partial charge in [-0.05, 0) is 40.9 Å². The van der Waals surface area contributed by atoms with Gasteiger partial charge in [0.25, 0.3) is 0 Å². The number of pyridine rings is 1. The topological polar surface area (TPSA) is 65.0 Å². The summed E-state index contributed by atoms with van der Waals surface area (Å²) < 4.78 is 21.4. The molecule has 0 bridgehead atoms. The molecule has 5 heteroatoms. The maximum Gasteiger partial charge on any atom is 0.0541 e. The molecule has 0 radical (unpaired) electrons. The number of nitrogens with zero attached hydrogens (tertiary/aromatic N) is 1. The standard InChI is InChI=1S/C13H14N2O2S/c16-18(17)13-6-4-11(5-7-13)9-14-10-12-3-1-2-8-15-12/h1-8,14H,9-10H2,(H,16,17)/p-1. The van der Waals surface area contributed by atoms with Gasteiger partial charge >= 0.3 is 0 Å². The number of rotatable bonds is 5. The fourth-order valence-electron chi connectivity index (χ4n) is 1.56. The van der Waals surface area contributed by atoms with Crippen LogP contribution in [-0.2, 0) is 24.2 Å². The minimum atomic E-state index is -2.15. The first-order valence-corrected chi connectivity index (χ1v) is 6.62. The molecule has 1 atom stereocenters. The molecule has 0 fully saturated rings. The normalized spacial score (nSPS) is 12.3. The zero-order valence-electron chi connectivity index (χ0n) is 9.70. The van der Waals surface area contributed by atoms with E-state index < -0.39 is 11.1 Å². The maximum absolute atomic E-state index is 10.7. The molecule has 0 spiro atoms. The monoisotopic (exact) mass is 261 g/mol. The van der Waals surface area contributed by atoms with Gasteiger partial charge in [-0.1, -0.05) is 18.2 Å². The zero-order chi connectivity index (χ0) is 12.8. The molecule has 1 N–H and O–H groups in total. The van der Waals surface area contributed by atoms with E-state index in [-0.39, 0.29) is 0 Å². The molecule has 0 aliphatic rings. The van der Waals surface area contributed by atoms with Crippen molar-refractivity contribution in [2.45, 2.75) is 18.0 Å². The Morgan fingerprint density at radius 1 is 1.11 bits per heavy atom. The van der Waals surface area contributed by atoms with Crippen molar-refractivity contribution in [3.8, 4) is 0 Å². The first kappa shape index (κ1) is 12.9. The molecule has 94 valence electrons. The Labute approximate surface area is 108 Å². The molecule has 2 rings (SSSR count). The van der Waals surface area contributed by atoms with Crippen LogP contribution in [0.3, 0.4) is 0 Å². The van der Waals surface area contributed by atoms with E-state index >= 15 is 0 Å². The van der Waals surface area contributed by atoms with Gasteiger partial charge in [-0.3, -0.25) is 9.19 Å². The highest BCUT2D eigenvalue weighted by Gasteiger charge is 1.96. The summed E-state index contributed by atoms with van der Waals surface area (Å²) in [6.45, 7) is 1.37. The van der Waals surface area contributed by atoms with E-state index in [0.717, 1.165) is 11.3 Å². The van der Waals surface area contributed by atoms with Gasteiger partial charge < -0.3 is 9.87 Å². The molecular formula is C13H13N2O2S-. The van der Waals surface area contributed by atoms with E-state index in [1.54, 1.807) is 30.5 Å². The van der Waals surface area contributed by atoms with Crippen molar-refractivity contribution >= 4 is 11.1 Å². The average Bonchev–Trinajstić information content (AvgIpc) is 2.40. The lowest BCUT2D eigenvalue weighted by atomic mass is 10.2. The summed E-state index contributed by atoms with van der Waals surface area (Å²) in [7, 11) is 0. The number of benzene rings is 1. The summed E-state index contributed by atoms with van der Waals surface area (Å²) in [5, 5.41) is 3.25. The van der Waals surface area contributed by atoms with Crippen LogP contribution < -0.4 is 5.32 Å². The van der Waals surface area contributed by atoms with E-state index in [4.69, 9.17) is 0 Å². The van der Waals surface area contributed by atoms with E-state index in [9.17, 15) is 8.76 Å². The molecule has 1 aromatic heterocycles. The summed E-state index contributed by atoms with van der Waals surface area (Å²) in [6.07, 6.45) is 1.76. The van der Waals surface area contributed by atoms with E-state index in [1.165, 1.54) is 0 Å². The Hall–Kier alpha value is -1.56. The van der Waals surface area contributed by atoms with Crippen LogP contribution in [0, 0.1) is 0 Å². The smallest absolute Gasteiger partial charge is 0.0541 e. The third kappa shape index (κ3) is 3.73. The Balaban J connectivity index is 1.85. The highest BCUT2D eigenvalue weighted by molar-refractivity contribution is 7.79. The lowest BCUT2D eigenvalue weighted by Crippen LogP contribution is -2.13. The van der Waals surface area contributed by atoms with Crippen molar-refractivity contribution in [1.82, 2.24) is 10.3 Å².